The molecule has 0 bridgehead atoms. The van der Waals surface area contributed by atoms with E-state index in [1.807, 2.05) is 0 Å². The second kappa shape index (κ2) is 3.66. The van der Waals surface area contributed by atoms with Crippen molar-refractivity contribution in [2.45, 2.75) is 12.8 Å². The molecule has 2 heterocycles. The van der Waals surface area contributed by atoms with E-state index in [-0.39, 0.29) is 17.8 Å². The van der Waals surface area contributed by atoms with Crippen LogP contribution in [0.15, 0.2) is 18.3 Å². The monoisotopic (exact) mass is 236 g/mol. The van der Waals surface area contributed by atoms with E-state index in [0.29, 0.717) is 18.1 Å². The molecule has 0 saturated heterocycles. The Morgan fingerprint density at radius 3 is 3.00 bits per heavy atom. The second-order valence-electron chi connectivity index (χ2n) is 4.60. The van der Waals surface area contributed by atoms with Crippen LogP contribution in [0.1, 0.15) is 12.8 Å². The molecular formula is C11H13FN4O. The van der Waals surface area contributed by atoms with E-state index in [2.05, 4.69) is 15.4 Å². The highest BCUT2D eigenvalue weighted by Crippen LogP contribution is 2.44. The zero-order valence-electron chi connectivity index (χ0n) is 9.23. The van der Waals surface area contributed by atoms with Crippen molar-refractivity contribution in [3.05, 3.63) is 24.1 Å². The second-order valence-corrected chi connectivity index (χ2v) is 4.60. The van der Waals surface area contributed by atoms with Crippen LogP contribution in [0.5, 0.6) is 0 Å². The number of aliphatic hydroxyl groups is 1. The highest BCUT2D eigenvalue weighted by molar-refractivity contribution is 5.43. The Balaban J connectivity index is 1.77. The lowest BCUT2D eigenvalue weighted by Gasteiger charge is -2.10. The third kappa shape index (κ3) is 1.95. The maximum absolute atomic E-state index is 12.9. The van der Waals surface area contributed by atoms with Gasteiger partial charge in [-0.2, -0.15) is 4.98 Å². The molecule has 0 atom stereocenters. The number of fused-ring (bicyclic) bond motifs is 1. The quantitative estimate of drug-likeness (QED) is 0.833. The van der Waals surface area contributed by atoms with Gasteiger partial charge in [0, 0.05) is 12.0 Å². The largest absolute Gasteiger partial charge is 0.396 e. The fourth-order valence-corrected chi connectivity index (χ4v) is 1.77. The molecule has 1 aliphatic rings. The number of halogens is 1. The molecular weight excluding hydrogens is 223 g/mol. The molecule has 3 rings (SSSR count). The summed E-state index contributed by atoms with van der Waals surface area (Å²) in [4.78, 5) is 4.21. The first-order valence-corrected chi connectivity index (χ1v) is 5.57. The first-order chi connectivity index (χ1) is 8.21. The average molecular weight is 236 g/mol. The minimum absolute atomic E-state index is 0.00271. The summed E-state index contributed by atoms with van der Waals surface area (Å²) in [5.41, 5.74) is 0.602. The van der Waals surface area contributed by atoms with Crippen molar-refractivity contribution in [2.75, 3.05) is 18.5 Å². The van der Waals surface area contributed by atoms with Gasteiger partial charge in [-0.1, -0.05) is 0 Å². The van der Waals surface area contributed by atoms with Gasteiger partial charge in [-0.05, 0) is 25.0 Å². The summed E-state index contributed by atoms with van der Waals surface area (Å²) in [5, 5.41) is 16.4. The lowest BCUT2D eigenvalue weighted by Crippen LogP contribution is -2.19. The van der Waals surface area contributed by atoms with Crippen molar-refractivity contribution in [1.82, 2.24) is 14.6 Å². The van der Waals surface area contributed by atoms with E-state index in [1.165, 1.54) is 16.8 Å². The predicted molar refractivity (Wildman–Crippen MR) is 60.2 cm³/mol. The third-order valence-electron chi connectivity index (χ3n) is 3.21. The van der Waals surface area contributed by atoms with Gasteiger partial charge in [0.25, 0.3) is 0 Å². The van der Waals surface area contributed by atoms with Crippen LogP contribution in [0.3, 0.4) is 0 Å². The van der Waals surface area contributed by atoms with Gasteiger partial charge in [-0.25, -0.2) is 8.91 Å². The van der Waals surface area contributed by atoms with Crippen LogP contribution < -0.4 is 5.32 Å². The van der Waals surface area contributed by atoms with Gasteiger partial charge >= 0.3 is 0 Å². The Bertz CT molecular complexity index is 549. The minimum Gasteiger partial charge on any atom is -0.396 e. The maximum atomic E-state index is 12.9. The molecule has 6 heteroatoms. The van der Waals surface area contributed by atoms with Gasteiger partial charge < -0.3 is 10.4 Å². The van der Waals surface area contributed by atoms with Crippen LogP contribution in [0.4, 0.5) is 10.3 Å². The molecule has 0 spiro atoms. The lowest BCUT2D eigenvalue weighted by atomic mass is 10.1. The van der Waals surface area contributed by atoms with E-state index < -0.39 is 0 Å². The molecule has 1 fully saturated rings. The zero-order valence-corrected chi connectivity index (χ0v) is 9.23. The first kappa shape index (κ1) is 10.5. The molecule has 0 radical (unpaired) electrons. The van der Waals surface area contributed by atoms with Gasteiger partial charge in [0.05, 0.1) is 12.8 Å². The average Bonchev–Trinajstić information content (AvgIpc) is 3.00. The van der Waals surface area contributed by atoms with Crippen LogP contribution in [-0.2, 0) is 0 Å². The molecule has 1 aliphatic carbocycles. The summed E-state index contributed by atoms with van der Waals surface area (Å²) >= 11 is 0. The van der Waals surface area contributed by atoms with Crippen LogP contribution in [0, 0.1) is 11.2 Å². The maximum Gasteiger partial charge on any atom is 0.243 e. The standard InChI is InChI=1S/C11H13FN4O/c12-8-1-2-9-14-10(15-16(9)5-8)13-6-11(7-17)3-4-11/h1-2,5,17H,3-4,6-7H2,(H,13,15). The molecule has 0 amide bonds. The Labute approximate surface area is 97.3 Å². The Hall–Kier alpha value is -1.69. The third-order valence-corrected chi connectivity index (χ3v) is 3.21. The molecule has 2 N–H and O–H groups in total. The van der Waals surface area contributed by atoms with Gasteiger partial charge in [0.2, 0.25) is 5.95 Å². The Kier molecular flexibility index (Phi) is 2.25. The normalized spacial score (nSPS) is 17.3. The highest BCUT2D eigenvalue weighted by Gasteiger charge is 2.41. The van der Waals surface area contributed by atoms with Gasteiger partial charge in [-0.15, -0.1) is 5.10 Å². The molecule has 17 heavy (non-hydrogen) atoms. The highest BCUT2D eigenvalue weighted by atomic mass is 19.1. The summed E-state index contributed by atoms with van der Waals surface area (Å²) in [7, 11) is 0. The van der Waals surface area contributed by atoms with Crippen molar-refractivity contribution in [3.63, 3.8) is 0 Å². The molecule has 0 aliphatic heterocycles. The molecule has 90 valence electrons. The molecule has 0 aromatic carbocycles. The van der Waals surface area contributed by atoms with E-state index in [0.717, 1.165) is 12.8 Å². The molecule has 0 unspecified atom stereocenters. The molecule has 5 nitrogen and oxygen atoms in total. The number of pyridine rings is 1. The van der Waals surface area contributed by atoms with Crippen LogP contribution in [0.2, 0.25) is 0 Å². The lowest BCUT2D eigenvalue weighted by molar-refractivity contribution is 0.219. The summed E-state index contributed by atoms with van der Waals surface area (Å²) in [6.45, 7) is 0.838. The number of rotatable bonds is 4. The van der Waals surface area contributed by atoms with Crippen molar-refractivity contribution in [1.29, 1.82) is 0 Å². The van der Waals surface area contributed by atoms with E-state index in [4.69, 9.17) is 0 Å². The van der Waals surface area contributed by atoms with E-state index in [1.54, 1.807) is 6.07 Å². The van der Waals surface area contributed by atoms with Gasteiger partial charge in [0.1, 0.15) is 5.82 Å². The molecule has 2 aromatic rings. The number of anilines is 1. The molecule has 1 saturated carbocycles. The van der Waals surface area contributed by atoms with E-state index in [9.17, 15) is 9.50 Å². The van der Waals surface area contributed by atoms with Crippen molar-refractivity contribution >= 4 is 11.6 Å². The predicted octanol–water partition coefficient (Wildman–Crippen LogP) is 1.05. The van der Waals surface area contributed by atoms with Crippen molar-refractivity contribution < 1.29 is 9.50 Å². The van der Waals surface area contributed by atoms with Crippen molar-refractivity contribution in [2.24, 2.45) is 5.41 Å². The Morgan fingerprint density at radius 1 is 1.47 bits per heavy atom. The fourth-order valence-electron chi connectivity index (χ4n) is 1.77. The Morgan fingerprint density at radius 2 is 2.29 bits per heavy atom. The number of hydrogen-bond acceptors (Lipinski definition) is 4. The molecule has 2 aromatic heterocycles. The summed E-state index contributed by atoms with van der Waals surface area (Å²) < 4.78 is 14.3. The number of nitrogens with zero attached hydrogens (tertiary/aromatic N) is 3. The number of aliphatic hydroxyl groups excluding tert-OH is 1. The summed E-state index contributed by atoms with van der Waals surface area (Å²) in [5.74, 6) is 0.123. The first-order valence-electron chi connectivity index (χ1n) is 5.57. The summed E-state index contributed by atoms with van der Waals surface area (Å²) in [6.07, 6.45) is 3.34. The number of nitrogens with one attached hydrogen (secondary N) is 1. The fraction of sp³-hybridized carbons (Fsp3) is 0.455. The zero-order chi connectivity index (χ0) is 11.9. The number of aromatic nitrogens is 3. The minimum atomic E-state index is -0.344. The summed E-state index contributed by atoms with van der Waals surface area (Å²) in [6, 6.07) is 2.93. The van der Waals surface area contributed by atoms with Crippen LogP contribution in [-0.4, -0.2) is 32.9 Å². The SMILES string of the molecule is OCC1(CNc2nc3ccc(F)cn3n2)CC1. The topological polar surface area (TPSA) is 62.5 Å². The van der Waals surface area contributed by atoms with Crippen LogP contribution >= 0.6 is 0 Å². The smallest absolute Gasteiger partial charge is 0.243 e. The van der Waals surface area contributed by atoms with E-state index >= 15 is 0 Å². The number of hydrogen-bond donors (Lipinski definition) is 2. The van der Waals surface area contributed by atoms with Gasteiger partial charge in [-0.3, -0.25) is 0 Å². The van der Waals surface area contributed by atoms with Crippen LogP contribution in [0.25, 0.3) is 5.65 Å². The van der Waals surface area contributed by atoms with Gasteiger partial charge in [0.15, 0.2) is 5.65 Å². The van der Waals surface area contributed by atoms with Crippen molar-refractivity contribution in [3.8, 4) is 0 Å².